The molecule has 0 aromatic heterocycles. The third-order valence-electron chi connectivity index (χ3n) is 6.59. The van der Waals surface area contributed by atoms with Crippen LogP contribution in [0.2, 0.25) is 0 Å². The highest BCUT2D eigenvalue weighted by molar-refractivity contribution is 5.80. The Balaban J connectivity index is 1.34. The molecule has 0 radical (unpaired) electrons. The van der Waals surface area contributed by atoms with E-state index in [9.17, 15) is 14.7 Å². The fourth-order valence-electron chi connectivity index (χ4n) is 5.07. The van der Waals surface area contributed by atoms with Crippen LogP contribution in [0.4, 0.5) is 10.5 Å². The molecule has 2 N–H and O–H groups in total. The largest absolute Gasteiger partial charge is 0.481 e. The second-order valence-corrected chi connectivity index (χ2v) is 8.04. The van der Waals surface area contributed by atoms with Crippen molar-refractivity contribution in [2.24, 2.45) is 11.3 Å². The standard InChI is InChI=1S/C20H27N3O3/c1-14(23-10-8-15-5-2-3-7-17(15)23)11-21-19(26)22-12-16-6-4-9-20(16,13-22)18(24)25/h2-3,5,7,14,16H,4,6,8-13H2,1H3,(H,21,26)(H,24,25)/t14?,16-,20+/m0/s1. The van der Waals surface area contributed by atoms with E-state index in [2.05, 4.69) is 41.4 Å². The van der Waals surface area contributed by atoms with Gasteiger partial charge in [0.25, 0.3) is 0 Å². The summed E-state index contributed by atoms with van der Waals surface area (Å²) in [6, 6.07) is 8.50. The number of carboxylic acids is 1. The van der Waals surface area contributed by atoms with Crippen LogP contribution >= 0.6 is 0 Å². The molecule has 2 fully saturated rings. The van der Waals surface area contributed by atoms with Gasteiger partial charge in [0.05, 0.1) is 5.41 Å². The van der Waals surface area contributed by atoms with Crippen LogP contribution in [-0.2, 0) is 11.2 Å². The quantitative estimate of drug-likeness (QED) is 0.867. The second kappa shape index (κ2) is 6.49. The summed E-state index contributed by atoms with van der Waals surface area (Å²) in [7, 11) is 0. The van der Waals surface area contributed by atoms with Gasteiger partial charge in [-0.2, -0.15) is 0 Å². The van der Waals surface area contributed by atoms with Gasteiger partial charge in [-0.05, 0) is 43.7 Å². The Morgan fingerprint density at radius 3 is 2.96 bits per heavy atom. The van der Waals surface area contributed by atoms with Crippen LogP contribution in [0.15, 0.2) is 24.3 Å². The molecule has 1 unspecified atom stereocenters. The molecule has 2 heterocycles. The van der Waals surface area contributed by atoms with Crippen LogP contribution in [0.1, 0.15) is 31.7 Å². The first kappa shape index (κ1) is 17.2. The number of nitrogens with one attached hydrogen (secondary N) is 1. The van der Waals surface area contributed by atoms with Crippen LogP contribution in [0.5, 0.6) is 0 Å². The lowest BCUT2D eigenvalue weighted by molar-refractivity contribution is -0.149. The number of hydrogen-bond donors (Lipinski definition) is 2. The SMILES string of the molecule is CC(CNC(=O)N1C[C@@H]2CCC[C@@]2(C(=O)O)C1)N1CCc2ccccc21. The molecule has 4 rings (SSSR count). The molecule has 0 bridgehead atoms. The number of benzene rings is 1. The van der Waals surface area contributed by atoms with Crippen molar-refractivity contribution in [3.8, 4) is 0 Å². The van der Waals surface area contributed by atoms with Crippen molar-refractivity contribution in [3.05, 3.63) is 29.8 Å². The Bertz CT molecular complexity index is 722. The molecule has 26 heavy (non-hydrogen) atoms. The summed E-state index contributed by atoms with van der Waals surface area (Å²) >= 11 is 0. The van der Waals surface area contributed by atoms with E-state index < -0.39 is 11.4 Å². The average molecular weight is 357 g/mol. The minimum atomic E-state index is -0.739. The number of hydrogen-bond acceptors (Lipinski definition) is 3. The Labute approximate surface area is 154 Å². The molecular formula is C20H27N3O3. The van der Waals surface area contributed by atoms with Crippen molar-refractivity contribution in [1.82, 2.24) is 10.2 Å². The second-order valence-electron chi connectivity index (χ2n) is 8.04. The lowest BCUT2D eigenvalue weighted by Gasteiger charge is -2.29. The molecule has 1 aliphatic carbocycles. The molecule has 1 aromatic rings. The van der Waals surface area contributed by atoms with Gasteiger partial charge in [0.15, 0.2) is 0 Å². The minimum absolute atomic E-state index is 0.105. The van der Waals surface area contributed by atoms with Crippen LogP contribution in [0.3, 0.4) is 0 Å². The van der Waals surface area contributed by atoms with Crippen molar-refractivity contribution < 1.29 is 14.7 Å². The summed E-state index contributed by atoms with van der Waals surface area (Å²) in [6.45, 7) is 4.58. The average Bonchev–Trinajstić information content (AvgIpc) is 3.31. The van der Waals surface area contributed by atoms with Crippen LogP contribution in [-0.4, -0.2) is 54.2 Å². The zero-order valence-corrected chi connectivity index (χ0v) is 15.3. The van der Waals surface area contributed by atoms with Gasteiger partial charge in [-0.3, -0.25) is 4.79 Å². The van der Waals surface area contributed by atoms with Gasteiger partial charge in [0, 0.05) is 37.9 Å². The number of carbonyl (C=O) groups is 2. The highest BCUT2D eigenvalue weighted by atomic mass is 16.4. The summed E-state index contributed by atoms with van der Waals surface area (Å²) in [4.78, 5) is 28.4. The van der Waals surface area contributed by atoms with Crippen molar-refractivity contribution >= 4 is 17.7 Å². The zero-order chi connectivity index (χ0) is 18.3. The normalized spacial score (nSPS) is 28.0. The van der Waals surface area contributed by atoms with Crippen LogP contribution < -0.4 is 10.2 Å². The Morgan fingerprint density at radius 1 is 1.38 bits per heavy atom. The van der Waals surface area contributed by atoms with Gasteiger partial charge in [0.1, 0.15) is 0 Å². The zero-order valence-electron chi connectivity index (χ0n) is 15.3. The molecule has 0 spiro atoms. The molecule has 3 atom stereocenters. The number of likely N-dealkylation sites (tertiary alicyclic amines) is 1. The van der Waals surface area contributed by atoms with E-state index in [0.29, 0.717) is 26.1 Å². The number of nitrogens with zero attached hydrogens (tertiary/aromatic N) is 2. The van der Waals surface area contributed by atoms with E-state index in [1.54, 1.807) is 4.90 Å². The summed E-state index contributed by atoms with van der Waals surface area (Å²) in [5, 5.41) is 12.7. The molecule has 3 aliphatic rings. The number of amides is 2. The monoisotopic (exact) mass is 357 g/mol. The van der Waals surface area contributed by atoms with Crippen molar-refractivity contribution in [1.29, 1.82) is 0 Å². The van der Waals surface area contributed by atoms with Crippen molar-refractivity contribution in [2.45, 2.75) is 38.6 Å². The van der Waals surface area contributed by atoms with Crippen molar-refractivity contribution in [2.75, 3.05) is 31.1 Å². The lowest BCUT2D eigenvalue weighted by atomic mass is 9.81. The van der Waals surface area contributed by atoms with E-state index in [-0.39, 0.29) is 18.0 Å². The molecule has 2 aliphatic heterocycles. The maximum atomic E-state index is 12.6. The number of anilines is 1. The molecule has 1 saturated heterocycles. The third-order valence-corrected chi connectivity index (χ3v) is 6.59. The minimum Gasteiger partial charge on any atom is -0.481 e. The fourth-order valence-corrected chi connectivity index (χ4v) is 5.07. The molecule has 1 aromatic carbocycles. The van der Waals surface area contributed by atoms with Gasteiger partial charge in [-0.1, -0.05) is 24.6 Å². The van der Waals surface area contributed by atoms with Crippen molar-refractivity contribution in [3.63, 3.8) is 0 Å². The molecular weight excluding hydrogens is 330 g/mol. The number of carbonyl (C=O) groups excluding carboxylic acids is 1. The Hall–Kier alpha value is -2.24. The molecule has 1 saturated carbocycles. The smallest absolute Gasteiger partial charge is 0.317 e. The predicted molar refractivity (Wildman–Crippen MR) is 99.3 cm³/mol. The first-order valence-corrected chi connectivity index (χ1v) is 9.62. The Kier molecular flexibility index (Phi) is 4.29. The Morgan fingerprint density at radius 2 is 2.19 bits per heavy atom. The lowest BCUT2D eigenvalue weighted by Crippen LogP contribution is -2.46. The number of para-hydroxylation sites is 1. The molecule has 6 heteroatoms. The topological polar surface area (TPSA) is 72.9 Å². The van der Waals surface area contributed by atoms with Crippen LogP contribution in [0.25, 0.3) is 0 Å². The van der Waals surface area contributed by atoms with E-state index >= 15 is 0 Å². The van der Waals surface area contributed by atoms with E-state index in [0.717, 1.165) is 25.8 Å². The highest BCUT2D eigenvalue weighted by Crippen LogP contribution is 2.48. The number of carboxylic acid groups (broad SMARTS) is 1. The maximum absolute atomic E-state index is 12.6. The molecule has 2 amide bonds. The highest BCUT2D eigenvalue weighted by Gasteiger charge is 2.55. The first-order chi connectivity index (χ1) is 12.5. The predicted octanol–water partition coefficient (Wildman–Crippen LogP) is 2.33. The summed E-state index contributed by atoms with van der Waals surface area (Å²) in [5.41, 5.74) is 1.91. The number of aliphatic carboxylic acids is 1. The number of fused-ring (bicyclic) bond motifs is 2. The van der Waals surface area contributed by atoms with Gasteiger partial charge < -0.3 is 20.2 Å². The van der Waals surface area contributed by atoms with Gasteiger partial charge in [-0.25, -0.2) is 4.79 Å². The van der Waals surface area contributed by atoms with E-state index in [4.69, 9.17) is 0 Å². The molecule has 140 valence electrons. The van der Waals surface area contributed by atoms with E-state index in [1.807, 2.05) is 0 Å². The maximum Gasteiger partial charge on any atom is 0.317 e. The summed E-state index contributed by atoms with van der Waals surface area (Å²) in [6.07, 6.45) is 3.61. The van der Waals surface area contributed by atoms with Gasteiger partial charge in [0.2, 0.25) is 0 Å². The third kappa shape index (κ3) is 2.72. The summed E-state index contributed by atoms with van der Waals surface area (Å²) in [5.74, 6) is -0.633. The molecule has 6 nitrogen and oxygen atoms in total. The van der Waals surface area contributed by atoms with Gasteiger partial charge in [-0.15, -0.1) is 0 Å². The van der Waals surface area contributed by atoms with Gasteiger partial charge >= 0.3 is 12.0 Å². The first-order valence-electron chi connectivity index (χ1n) is 9.62. The number of urea groups is 1. The number of rotatable bonds is 4. The summed E-state index contributed by atoms with van der Waals surface area (Å²) < 4.78 is 0. The van der Waals surface area contributed by atoms with Crippen LogP contribution in [0, 0.1) is 11.3 Å². The fraction of sp³-hybridized carbons (Fsp3) is 0.600. The van der Waals surface area contributed by atoms with E-state index in [1.165, 1.54) is 11.3 Å².